The van der Waals surface area contributed by atoms with E-state index in [2.05, 4.69) is 14.6 Å². The van der Waals surface area contributed by atoms with Crippen LogP contribution in [0.15, 0.2) is 0 Å². The molecule has 15 heavy (non-hydrogen) atoms. The predicted octanol–water partition coefficient (Wildman–Crippen LogP) is 1.03. The summed E-state index contributed by atoms with van der Waals surface area (Å²) in [6, 6.07) is 0. The van der Waals surface area contributed by atoms with Gasteiger partial charge in [-0.15, -0.1) is 0 Å². The zero-order valence-corrected chi connectivity index (χ0v) is 10.8. The van der Waals surface area contributed by atoms with Crippen LogP contribution >= 0.6 is 19.9 Å². The van der Waals surface area contributed by atoms with Crippen molar-refractivity contribution in [2.75, 3.05) is 7.05 Å². The van der Waals surface area contributed by atoms with E-state index in [9.17, 15) is 4.57 Å². The van der Waals surface area contributed by atoms with Gasteiger partial charge in [-0.2, -0.15) is 0 Å². The third-order valence-electron chi connectivity index (χ3n) is 1.77. The van der Waals surface area contributed by atoms with Crippen molar-refractivity contribution in [2.45, 2.75) is 38.2 Å². The van der Waals surface area contributed by atoms with Gasteiger partial charge in [0.1, 0.15) is 0 Å². The lowest BCUT2D eigenvalue weighted by atomic mass is 10.3. The zero-order valence-electron chi connectivity index (χ0n) is 9.14. The Morgan fingerprint density at radius 2 is 2.00 bits per heavy atom. The molecule has 2 unspecified atom stereocenters. The van der Waals surface area contributed by atoms with Gasteiger partial charge in [0.25, 0.3) is 0 Å². The summed E-state index contributed by atoms with van der Waals surface area (Å²) in [5, 5.41) is 6.06. The van der Waals surface area contributed by atoms with Gasteiger partial charge in [-0.1, -0.05) is 13.8 Å². The van der Waals surface area contributed by atoms with Gasteiger partial charge in [-0.3, -0.25) is 5.32 Å². The van der Waals surface area contributed by atoms with E-state index in [0.29, 0.717) is 6.42 Å². The molecule has 0 amide bonds. The van der Waals surface area contributed by atoms with Gasteiger partial charge in [0.05, 0.1) is 11.5 Å². The van der Waals surface area contributed by atoms with Gasteiger partial charge >= 0.3 is 7.82 Å². The Morgan fingerprint density at radius 3 is 2.33 bits per heavy atom. The largest absolute Gasteiger partial charge is 0.480 e. The molecule has 0 spiro atoms. The summed E-state index contributed by atoms with van der Waals surface area (Å²) in [6.07, 6.45) is 1.70. The third-order valence-corrected chi connectivity index (χ3v) is 3.59. The summed E-state index contributed by atoms with van der Waals surface area (Å²) in [6.45, 7) is 3.92. The van der Waals surface area contributed by atoms with Crippen molar-refractivity contribution in [3.63, 3.8) is 0 Å². The van der Waals surface area contributed by atoms with Crippen LogP contribution in [0.3, 0.4) is 0 Å². The van der Waals surface area contributed by atoms with Crippen LogP contribution in [0.1, 0.15) is 26.7 Å². The maximum absolute atomic E-state index is 10.5. The predicted molar refractivity (Wildman–Crippen MR) is 61.1 cm³/mol. The minimum atomic E-state index is -4.39. The number of hydrogen-bond donors (Lipinski definition) is 4. The van der Waals surface area contributed by atoms with E-state index in [4.69, 9.17) is 9.79 Å². The van der Waals surface area contributed by atoms with Gasteiger partial charge in [-0.25, -0.2) is 8.54 Å². The second-order valence-corrected chi connectivity index (χ2v) is 5.31. The maximum atomic E-state index is 10.5. The minimum absolute atomic E-state index is 0.114. The molecule has 0 aliphatic heterocycles. The molecule has 0 aromatic carbocycles. The lowest BCUT2D eigenvalue weighted by Crippen LogP contribution is -2.44. The molecular formula is C7H19N2O4PS. The van der Waals surface area contributed by atoms with E-state index in [1.165, 1.54) is 0 Å². The van der Waals surface area contributed by atoms with Crippen LogP contribution in [0, 0.1) is 0 Å². The highest BCUT2D eigenvalue weighted by Crippen LogP contribution is 2.42. The van der Waals surface area contributed by atoms with Crippen molar-refractivity contribution in [3.8, 4) is 0 Å². The average molecular weight is 258 g/mol. The number of rotatable bonds is 8. The number of nitrogens with one attached hydrogen (secondary N) is 2. The molecule has 4 N–H and O–H groups in total. The summed E-state index contributed by atoms with van der Waals surface area (Å²) >= 11 is 0.773. The maximum Gasteiger partial charge on any atom is 0.480 e. The zero-order chi connectivity index (χ0) is 11.9. The van der Waals surface area contributed by atoms with Gasteiger partial charge in [-0.05, 0) is 19.9 Å². The lowest BCUT2D eigenvalue weighted by Gasteiger charge is -2.22. The summed E-state index contributed by atoms with van der Waals surface area (Å²) in [5.74, 6) is 0. The monoisotopic (exact) mass is 258 g/mol. The second-order valence-electron chi connectivity index (χ2n) is 2.97. The van der Waals surface area contributed by atoms with Crippen LogP contribution in [-0.2, 0) is 8.54 Å². The van der Waals surface area contributed by atoms with Crippen molar-refractivity contribution in [3.05, 3.63) is 0 Å². The van der Waals surface area contributed by atoms with Crippen LogP contribution in [0.4, 0.5) is 0 Å². The number of hydrogen-bond acceptors (Lipinski definition) is 5. The van der Waals surface area contributed by atoms with E-state index in [1.807, 2.05) is 20.9 Å². The summed E-state index contributed by atoms with van der Waals surface area (Å²) in [7, 11) is -2.57. The first-order valence-electron chi connectivity index (χ1n) is 4.76. The van der Waals surface area contributed by atoms with Gasteiger partial charge < -0.3 is 15.1 Å². The topological polar surface area (TPSA) is 90.8 Å². The highest BCUT2D eigenvalue weighted by Gasteiger charge is 2.19. The van der Waals surface area contributed by atoms with Crippen LogP contribution in [0.25, 0.3) is 0 Å². The van der Waals surface area contributed by atoms with Crippen LogP contribution in [-0.4, -0.2) is 28.4 Å². The molecule has 0 bridgehead atoms. The Hall–Kier alpha value is 0.380. The van der Waals surface area contributed by atoms with E-state index < -0.39 is 7.82 Å². The van der Waals surface area contributed by atoms with Crippen LogP contribution in [0.5, 0.6) is 0 Å². The molecule has 0 heterocycles. The van der Waals surface area contributed by atoms with Gasteiger partial charge in [0, 0.05) is 12.0 Å². The highest BCUT2D eigenvalue weighted by molar-refractivity contribution is 7.98. The van der Waals surface area contributed by atoms with E-state index in [1.54, 1.807) is 0 Å². The average Bonchev–Trinajstić information content (AvgIpc) is 2.17. The molecule has 0 saturated carbocycles. The molecule has 0 aromatic rings. The molecule has 2 atom stereocenters. The van der Waals surface area contributed by atoms with Gasteiger partial charge in [0.15, 0.2) is 0 Å². The highest BCUT2D eigenvalue weighted by atomic mass is 32.2. The summed E-state index contributed by atoms with van der Waals surface area (Å²) in [4.78, 5) is 17.1. The van der Waals surface area contributed by atoms with Crippen molar-refractivity contribution in [2.24, 2.45) is 0 Å². The smallest absolute Gasteiger partial charge is 0.305 e. The standard InChI is InChI=1S/C7H19N2O4PS/c1-4-6(8-3)9-7(5-2)15-13-14(10,11)12/h6-9H,4-5H2,1-3H3,(H2,10,11,12). The molecule has 0 radical (unpaired) electrons. The summed E-state index contributed by atoms with van der Waals surface area (Å²) in [5.41, 5.74) is 0. The molecular weight excluding hydrogens is 239 g/mol. The molecule has 6 nitrogen and oxygen atoms in total. The Kier molecular flexibility index (Phi) is 7.81. The molecule has 0 rings (SSSR count). The van der Waals surface area contributed by atoms with Crippen molar-refractivity contribution >= 4 is 19.9 Å². The SMILES string of the molecule is CCC(NC)NC(CC)SOP(=O)(O)O. The first-order valence-corrected chi connectivity index (χ1v) is 7.10. The summed E-state index contributed by atoms with van der Waals surface area (Å²) < 4.78 is 14.8. The van der Waals surface area contributed by atoms with Crippen molar-refractivity contribution < 1.29 is 18.3 Å². The van der Waals surface area contributed by atoms with Crippen molar-refractivity contribution in [1.82, 2.24) is 10.6 Å². The van der Waals surface area contributed by atoms with Crippen LogP contribution in [0.2, 0.25) is 0 Å². The van der Waals surface area contributed by atoms with E-state index in [-0.39, 0.29) is 11.5 Å². The van der Waals surface area contributed by atoms with Crippen LogP contribution < -0.4 is 10.6 Å². The fourth-order valence-corrected chi connectivity index (χ4v) is 2.17. The Balaban J connectivity index is 3.97. The number of phosphoric acid groups is 1. The molecule has 92 valence electrons. The molecule has 0 aromatic heterocycles. The van der Waals surface area contributed by atoms with Gasteiger partial charge in [0.2, 0.25) is 0 Å². The molecule has 0 aliphatic rings. The lowest BCUT2D eigenvalue weighted by molar-refractivity contribution is 0.296. The first kappa shape index (κ1) is 15.4. The third kappa shape index (κ3) is 8.21. The molecule has 0 fully saturated rings. The Labute approximate surface area is 94.6 Å². The Bertz CT molecular complexity index is 209. The molecule has 0 saturated heterocycles. The Morgan fingerprint density at radius 1 is 1.40 bits per heavy atom. The quantitative estimate of drug-likeness (QED) is 0.293. The fraction of sp³-hybridized carbons (Fsp3) is 1.00. The van der Waals surface area contributed by atoms with E-state index in [0.717, 1.165) is 18.5 Å². The normalized spacial score (nSPS) is 16.3. The van der Waals surface area contributed by atoms with E-state index >= 15 is 0 Å². The first-order chi connectivity index (χ1) is 6.92. The van der Waals surface area contributed by atoms with Crippen molar-refractivity contribution in [1.29, 1.82) is 0 Å². The molecule has 8 heteroatoms. The minimum Gasteiger partial charge on any atom is -0.305 e. The fourth-order valence-electron chi connectivity index (χ4n) is 0.951. The molecule has 0 aliphatic carbocycles. The second kappa shape index (κ2) is 7.62.